The maximum atomic E-state index is 5.92. The minimum atomic E-state index is 0.193. The van der Waals surface area contributed by atoms with Crippen LogP contribution in [0.15, 0.2) is 16.5 Å². The summed E-state index contributed by atoms with van der Waals surface area (Å²) >= 11 is 5.92. The van der Waals surface area contributed by atoms with Crippen molar-refractivity contribution in [1.82, 2.24) is 4.98 Å². The van der Waals surface area contributed by atoms with Gasteiger partial charge in [-0.1, -0.05) is 11.6 Å². The van der Waals surface area contributed by atoms with Gasteiger partial charge in [-0.15, -0.1) is 0 Å². The zero-order valence-corrected chi connectivity index (χ0v) is 10.6. The summed E-state index contributed by atoms with van der Waals surface area (Å²) < 4.78 is 10.8. The monoisotopic (exact) mass is 254 g/mol. The van der Waals surface area contributed by atoms with E-state index in [-0.39, 0.29) is 6.10 Å². The van der Waals surface area contributed by atoms with Crippen molar-refractivity contribution in [3.8, 4) is 0 Å². The molecule has 1 aromatic carbocycles. The van der Waals surface area contributed by atoms with Crippen LogP contribution in [0.2, 0.25) is 5.02 Å². The van der Waals surface area contributed by atoms with Crippen LogP contribution in [0.4, 0.5) is 5.69 Å². The van der Waals surface area contributed by atoms with Gasteiger partial charge in [0.2, 0.25) is 0 Å². The molecule has 0 amide bonds. The van der Waals surface area contributed by atoms with Gasteiger partial charge in [-0.05, 0) is 19.4 Å². The Kier molecular flexibility index (Phi) is 3.54. The van der Waals surface area contributed by atoms with Gasteiger partial charge in [-0.25, -0.2) is 4.98 Å². The number of oxazole rings is 1. The quantitative estimate of drug-likeness (QED) is 0.852. The van der Waals surface area contributed by atoms with E-state index in [1.807, 2.05) is 6.92 Å². The van der Waals surface area contributed by atoms with E-state index >= 15 is 0 Å². The fourth-order valence-corrected chi connectivity index (χ4v) is 1.72. The molecule has 0 spiro atoms. The van der Waals surface area contributed by atoms with Gasteiger partial charge in [-0.3, -0.25) is 0 Å². The number of ether oxygens (including phenoxy) is 1. The second-order valence-electron chi connectivity index (χ2n) is 4.03. The largest absolute Gasteiger partial charge is 0.441 e. The van der Waals surface area contributed by atoms with Gasteiger partial charge in [0.05, 0.1) is 16.8 Å². The lowest BCUT2D eigenvalue weighted by Crippen LogP contribution is -2.05. The fraction of sp³-hybridized carbons (Fsp3) is 0.417. The maximum absolute atomic E-state index is 5.92. The first kappa shape index (κ1) is 12.2. The van der Waals surface area contributed by atoms with E-state index in [1.54, 1.807) is 19.2 Å². The highest BCUT2D eigenvalue weighted by molar-refractivity contribution is 6.33. The standard InChI is InChI=1S/C12H15ClN2O2/c1-7(16-2)3-4-12-15-10-5-8(13)9(14)6-11(10)17-12/h5-7H,3-4,14H2,1-2H3. The highest BCUT2D eigenvalue weighted by Crippen LogP contribution is 2.26. The Morgan fingerprint density at radius 2 is 2.29 bits per heavy atom. The van der Waals surface area contributed by atoms with Crippen LogP contribution < -0.4 is 5.73 Å². The van der Waals surface area contributed by atoms with E-state index in [9.17, 15) is 0 Å². The summed E-state index contributed by atoms with van der Waals surface area (Å²) in [6, 6.07) is 3.42. The van der Waals surface area contributed by atoms with Crippen LogP contribution in [0.3, 0.4) is 0 Å². The SMILES string of the molecule is COC(C)CCc1nc2cc(Cl)c(N)cc2o1. The van der Waals surface area contributed by atoms with E-state index in [0.29, 0.717) is 22.2 Å². The molecule has 1 aromatic heterocycles. The molecule has 2 aromatic rings. The number of nitrogens with zero attached hydrogens (tertiary/aromatic N) is 1. The average Bonchev–Trinajstić information content (AvgIpc) is 2.68. The van der Waals surface area contributed by atoms with Gasteiger partial charge in [0, 0.05) is 19.6 Å². The Hall–Kier alpha value is -1.26. The molecule has 1 heterocycles. The predicted molar refractivity (Wildman–Crippen MR) is 68.2 cm³/mol. The number of anilines is 1. The maximum Gasteiger partial charge on any atom is 0.195 e. The van der Waals surface area contributed by atoms with Crippen LogP contribution in [0.25, 0.3) is 11.1 Å². The molecule has 0 bridgehead atoms. The van der Waals surface area contributed by atoms with Crippen LogP contribution in [0.1, 0.15) is 19.2 Å². The lowest BCUT2D eigenvalue weighted by atomic mass is 10.2. The third-order valence-corrected chi connectivity index (χ3v) is 3.05. The number of hydrogen-bond acceptors (Lipinski definition) is 4. The molecule has 4 nitrogen and oxygen atoms in total. The molecule has 0 aliphatic carbocycles. The molecule has 0 fully saturated rings. The minimum Gasteiger partial charge on any atom is -0.441 e. The number of methoxy groups -OCH3 is 1. The molecule has 17 heavy (non-hydrogen) atoms. The van der Waals surface area contributed by atoms with Crippen LogP contribution in [0, 0.1) is 0 Å². The van der Waals surface area contributed by atoms with Crippen molar-refractivity contribution < 1.29 is 9.15 Å². The normalized spacial score (nSPS) is 13.1. The second-order valence-corrected chi connectivity index (χ2v) is 4.44. The molecule has 2 rings (SSSR count). The lowest BCUT2D eigenvalue weighted by molar-refractivity contribution is 0.109. The summed E-state index contributed by atoms with van der Waals surface area (Å²) in [4.78, 5) is 4.36. The van der Waals surface area contributed by atoms with Gasteiger partial charge < -0.3 is 14.9 Å². The Morgan fingerprint density at radius 3 is 3.00 bits per heavy atom. The number of hydrogen-bond donors (Lipinski definition) is 1. The topological polar surface area (TPSA) is 61.3 Å². The fourth-order valence-electron chi connectivity index (χ4n) is 1.56. The van der Waals surface area contributed by atoms with Crippen molar-refractivity contribution in [1.29, 1.82) is 0 Å². The third-order valence-electron chi connectivity index (χ3n) is 2.72. The van der Waals surface area contributed by atoms with E-state index in [4.69, 9.17) is 26.5 Å². The number of nitrogens with two attached hydrogens (primary N) is 1. The molecular formula is C12H15ClN2O2. The summed E-state index contributed by atoms with van der Waals surface area (Å²) in [7, 11) is 1.69. The first-order valence-electron chi connectivity index (χ1n) is 5.47. The Balaban J connectivity index is 2.20. The third kappa shape index (κ3) is 2.70. The number of aromatic nitrogens is 1. The van der Waals surface area contributed by atoms with Crippen molar-refractivity contribution in [3.05, 3.63) is 23.0 Å². The molecular weight excluding hydrogens is 240 g/mol. The summed E-state index contributed by atoms with van der Waals surface area (Å²) in [5.74, 6) is 0.686. The number of fused-ring (bicyclic) bond motifs is 1. The summed E-state index contributed by atoms with van der Waals surface area (Å²) in [6.45, 7) is 2.01. The number of nitrogen functional groups attached to an aromatic ring is 1. The van der Waals surface area contributed by atoms with Crippen molar-refractivity contribution in [2.24, 2.45) is 0 Å². The molecule has 0 saturated carbocycles. The molecule has 0 aliphatic rings. The smallest absolute Gasteiger partial charge is 0.195 e. The van der Waals surface area contributed by atoms with Gasteiger partial charge in [0.1, 0.15) is 5.52 Å². The Morgan fingerprint density at radius 1 is 1.53 bits per heavy atom. The zero-order valence-electron chi connectivity index (χ0n) is 9.87. The molecule has 0 aliphatic heterocycles. The molecule has 5 heteroatoms. The van der Waals surface area contributed by atoms with Crippen molar-refractivity contribution >= 4 is 28.4 Å². The van der Waals surface area contributed by atoms with Gasteiger partial charge in [0.15, 0.2) is 11.5 Å². The number of rotatable bonds is 4. The lowest BCUT2D eigenvalue weighted by Gasteiger charge is -2.05. The Bertz CT molecular complexity index is 485. The zero-order chi connectivity index (χ0) is 12.4. The van der Waals surface area contributed by atoms with Crippen molar-refractivity contribution in [2.75, 3.05) is 12.8 Å². The highest BCUT2D eigenvalue weighted by atomic mass is 35.5. The van der Waals surface area contributed by atoms with Gasteiger partial charge >= 0.3 is 0 Å². The van der Waals surface area contributed by atoms with Crippen molar-refractivity contribution in [3.63, 3.8) is 0 Å². The first-order valence-corrected chi connectivity index (χ1v) is 5.85. The molecule has 1 atom stereocenters. The molecule has 1 unspecified atom stereocenters. The molecule has 2 N–H and O–H groups in total. The summed E-state index contributed by atoms with van der Waals surface area (Å²) in [5, 5.41) is 0.502. The van der Waals surface area contributed by atoms with E-state index in [2.05, 4.69) is 4.98 Å². The number of benzene rings is 1. The Labute approximate surface area is 105 Å². The first-order chi connectivity index (χ1) is 8.10. The van der Waals surface area contributed by atoms with Crippen molar-refractivity contribution in [2.45, 2.75) is 25.9 Å². The van der Waals surface area contributed by atoms with Crippen LogP contribution in [0.5, 0.6) is 0 Å². The van der Waals surface area contributed by atoms with Gasteiger partial charge in [-0.2, -0.15) is 0 Å². The van der Waals surface area contributed by atoms with E-state index < -0.39 is 0 Å². The molecule has 0 radical (unpaired) electrons. The number of halogens is 1. The summed E-state index contributed by atoms with van der Waals surface area (Å²) in [6.07, 6.45) is 1.80. The molecule has 0 saturated heterocycles. The second kappa shape index (κ2) is 4.94. The van der Waals surface area contributed by atoms with Crippen LogP contribution in [-0.2, 0) is 11.2 Å². The molecule has 92 valence electrons. The summed E-state index contributed by atoms with van der Waals surface area (Å²) in [5.41, 5.74) is 7.62. The minimum absolute atomic E-state index is 0.193. The number of aryl methyl sites for hydroxylation is 1. The van der Waals surface area contributed by atoms with Crippen LogP contribution in [-0.4, -0.2) is 18.2 Å². The average molecular weight is 255 g/mol. The highest BCUT2D eigenvalue weighted by Gasteiger charge is 2.10. The van der Waals surface area contributed by atoms with E-state index in [1.165, 1.54) is 0 Å². The van der Waals surface area contributed by atoms with Gasteiger partial charge in [0.25, 0.3) is 0 Å². The van der Waals surface area contributed by atoms with E-state index in [0.717, 1.165) is 18.4 Å². The van der Waals surface area contributed by atoms with Crippen LogP contribution >= 0.6 is 11.6 Å². The predicted octanol–water partition coefficient (Wildman–Crippen LogP) is 3.03.